The van der Waals surface area contributed by atoms with Crippen LogP contribution in [0.3, 0.4) is 0 Å². The molecule has 0 aliphatic carbocycles. The predicted molar refractivity (Wildman–Crippen MR) is 61.3 cm³/mol. The Labute approximate surface area is 102 Å². The molecule has 0 radical (unpaired) electrons. The number of nitro groups is 1. The summed E-state index contributed by atoms with van der Waals surface area (Å²) in [6.45, 7) is 0.239. The van der Waals surface area contributed by atoms with E-state index in [0.717, 1.165) is 12.3 Å². The molecule has 0 fully saturated rings. The molecule has 0 aliphatic heterocycles. The summed E-state index contributed by atoms with van der Waals surface area (Å²) in [6.07, 6.45) is 1.81. The van der Waals surface area contributed by atoms with Gasteiger partial charge in [0.05, 0.1) is 11.1 Å². The third-order valence-electron chi connectivity index (χ3n) is 2.39. The molecule has 1 amide bonds. The van der Waals surface area contributed by atoms with Crippen molar-refractivity contribution < 1.29 is 19.6 Å². The largest absolute Gasteiger partial charge is 0.477 e. The summed E-state index contributed by atoms with van der Waals surface area (Å²) in [5.74, 6) is -1.39. The van der Waals surface area contributed by atoms with Gasteiger partial charge in [0.1, 0.15) is 5.69 Å². The zero-order valence-electron chi connectivity index (χ0n) is 9.75. The van der Waals surface area contributed by atoms with Crippen molar-refractivity contribution in [3.8, 4) is 0 Å². The quantitative estimate of drug-likeness (QED) is 0.571. The van der Waals surface area contributed by atoms with Crippen LogP contribution in [0, 0.1) is 10.1 Å². The van der Waals surface area contributed by atoms with Crippen LogP contribution in [0.1, 0.15) is 23.3 Å². The minimum Gasteiger partial charge on any atom is -0.477 e. The Hall–Kier alpha value is -2.38. The van der Waals surface area contributed by atoms with Crippen molar-refractivity contribution in [1.82, 2.24) is 9.88 Å². The number of rotatable bonds is 6. The van der Waals surface area contributed by atoms with E-state index in [0.29, 0.717) is 6.42 Å². The van der Waals surface area contributed by atoms with Crippen molar-refractivity contribution in [2.24, 2.45) is 0 Å². The Kier molecular flexibility index (Phi) is 4.41. The second-order valence-electron chi connectivity index (χ2n) is 3.62. The van der Waals surface area contributed by atoms with Gasteiger partial charge in [0.25, 0.3) is 5.69 Å². The van der Waals surface area contributed by atoms with Gasteiger partial charge in [-0.05, 0) is 6.42 Å². The zero-order valence-corrected chi connectivity index (χ0v) is 9.75. The lowest BCUT2D eigenvalue weighted by Crippen LogP contribution is -2.18. The Morgan fingerprint density at radius 3 is 2.72 bits per heavy atom. The summed E-state index contributed by atoms with van der Waals surface area (Å²) in [6, 6.07) is 1.00. The lowest BCUT2D eigenvalue weighted by atomic mass is 10.3. The van der Waals surface area contributed by atoms with E-state index in [1.54, 1.807) is 0 Å². The Balaban J connectivity index is 2.77. The predicted octanol–water partition coefficient (Wildman–Crippen LogP) is 0.621. The van der Waals surface area contributed by atoms with Crippen LogP contribution in [0.15, 0.2) is 12.3 Å². The number of carboxylic acids is 1. The third kappa shape index (κ3) is 3.30. The summed E-state index contributed by atoms with van der Waals surface area (Å²) >= 11 is 0. The second-order valence-corrected chi connectivity index (χ2v) is 3.62. The van der Waals surface area contributed by atoms with Crippen molar-refractivity contribution in [3.05, 3.63) is 28.1 Å². The zero-order chi connectivity index (χ0) is 13.7. The number of carbonyl (C=O) groups is 2. The van der Waals surface area contributed by atoms with Gasteiger partial charge in [-0.3, -0.25) is 14.9 Å². The number of hydrogen-bond acceptors (Lipinski definition) is 4. The van der Waals surface area contributed by atoms with Crippen LogP contribution in [-0.2, 0) is 11.3 Å². The highest BCUT2D eigenvalue weighted by molar-refractivity contribution is 5.86. The molecule has 0 spiro atoms. The fraction of sp³-hybridized carbons (Fsp3) is 0.400. The van der Waals surface area contributed by atoms with Gasteiger partial charge in [0.2, 0.25) is 5.91 Å². The summed E-state index contributed by atoms with van der Waals surface area (Å²) in [4.78, 5) is 31.8. The molecule has 0 aromatic carbocycles. The maximum atomic E-state index is 11.0. The Morgan fingerprint density at radius 1 is 1.56 bits per heavy atom. The third-order valence-corrected chi connectivity index (χ3v) is 2.39. The maximum Gasteiger partial charge on any atom is 0.352 e. The minimum atomic E-state index is -1.23. The van der Waals surface area contributed by atoms with E-state index in [-0.39, 0.29) is 30.3 Å². The van der Waals surface area contributed by atoms with Crippen molar-refractivity contribution in [2.45, 2.75) is 19.4 Å². The highest BCUT2D eigenvalue weighted by Crippen LogP contribution is 2.17. The molecule has 18 heavy (non-hydrogen) atoms. The van der Waals surface area contributed by atoms with E-state index >= 15 is 0 Å². The van der Waals surface area contributed by atoms with E-state index in [4.69, 9.17) is 5.11 Å². The maximum absolute atomic E-state index is 11.0. The van der Waals surface area contributed by atoms with E-state index in [9.17, 15) is 19.7 Å². The monoisotopic (exact) mass is 255 g/mol. The first-order valence-electron chi connectivity index (χ1n) is 5.24. The summed E-state index contributed by atoms with van der Waals surface area (Å²) in [5.41, 5.74) is -0.425. The highest BCUT2D eigenvalue weighted by Gasteiger charge is 2.18. The number of aryl methyl sites for hydroxylation is 1. The fourth-order valence-electron chi connectivity index (χ4n) is 1.49. The number of aromatic carboxylic acids is 1. The lowest BCUT2D eigenvalue weighted by molar-refractivity contribution is -0.384. The topological polar surface area (TPSA) is 114 Å². The number of aromatic nitrogens is 1. The first kappa shape index (κ1) is 13.7. The molecule has 1 heterocycles. The lowest BCUT2D eigenvalue weighted by Gasteiger charge is -2.04. The SMILES string of the molecule is CNC(=O)CCCn1cc([N+](=O)[O-])cc1C(=O)O. The van der Waals surface area contributed by atoms with Crippen molar-refractivity contribution >= 4 is 17.6 Å². The van der Waals surface area contributed by atoms with Gasteiger partial charge in [-0.1, -0.05) is 0 Å². The van der Waals surface area contributed by atoms with Gasteiger partial charge < -0.3 is 15.0 Å². The molecule has 8 heteroatoms. The standard InChI is InChI=1S/C10H13N3O5/c1-11-9(14)3-2-4-12-6-7(13(17)18)5-8(12)10(15)16/h5-6H,2-4H2,1H3,(H,11,14)(H,15,16). The van der Waals surface area contributed by atoms with E-state index in [1.165, 1.54) is 11.6 Å². The molecule has 1 aromatic rings. The van der Waals surface area contributed by atoms with Crippen LogP contribution in [0.5, 0.6) is 0 Å². The molecule has 2 N–H and O–H groups in total. The van der Waals surface area contributed by atoms with Gasteiger partial charge in [-0.25, -0.2) is 4.79 Å². The molecule has 0 bridgehead atoms. The average molecular weight is 255 g/mol. The van der Waals surface area contributed by atoms with Crippen LogP contribution in [0.25, 0.3) is 0 Å². The smallest absolute Gasteiger partial charge is 0.352 e. The van der Waals surface area contributed by atoms with Crippen LogP contribution in [-0.4, -0.2) is 33.5 Å². The molecule has 0 atom stereocenters. The first-order valence-corrected chi connectivity index (χ1v) is 5.24. The van der Waals surface area contributed by atoms with Gasteiger partial charge in [0.15, 0.2) is 0 Å². The number of carbonyl (C=O) groups excluding carboxylic acids is 1. The van der Waals surface area contributed by atoms with E-state index < -0.39 is 10.9 Å². The normalized spacial score (nSPS) is 10.1. The average Bonchev–Trinajstić information content (AvgIpc) is 2.73. The van der Waals surface area contributed by atoms with E-state index in [1.807, 2.05) is 0 Å². The second kappa shape index (κ2) is 5.80. The molecule has 8 nitrogen and oxygen atoms in total. The molecule has 0 saturated heterocycles. The fourth-order valence-corrected chi connectivity index (χ4v) is 1.49. The van der Waals surface area contributed by atoms with Crippen molar-refractivity contribution in [1.29, 1.82) is 0 Å². The summed E-state index contributed by atoms with van der Waals surface area (Å²) in [5, 5.41) is 21.9. The van der Waals surface area contributed by atoms with Gasteiger partial charge in [-0.15, -0.1) is 0 Å². The van der Waals surface area contributed by atoms with Crippen LogP contribution >= 0.6 is 0 Å². The molecular weight excluding hydrogens is 242 g/mol. The highest BCUT2D eigenvalue weighted by atomic mass is 16.6. The van der Waals surface area contributed by atoms with Crippen molar-refractivity contribution in [2.75, 3.05) is 7.05 Å². The molecule has 0 saturated carbocycles. The van der Waals surface area contributed by atoms with Gasteiger partial charge in [-0.2, -0.15) is 0 Å². The molecular formula is C10H13N3O5. The summed E-state index contributed by atoms with van der Waals surface area (Å²) < 4.78 is 1.27. The van der Waals surface area contributed by atoms with Gasteiger partial charge in [0, 0.05) is 26.1 Å². The number of nitrogens with zero attached hydrogens (tertiary/aromatic N) is 2. The van der Waals surface area contributed by atoms with Gasteiger partial charge >= 0.3 is 5.97 Å². The van der Waals surface area contributed by atoms with Crippen LogP contribution in [0.4, 0.5) is 5.69 Å². The number of amides is 1. The van der Waals surface area contributed by atoms with Crippen molar-refractivity contribution in [3.63, 3.8) is 0 Å². The molecule has 0 unspecified atom stereocenters. The minimum absolute atomic E-state index is 0.154. The summed E-state index contributed by atoms with van der Waals surface area (Å²) in [7, 11) is 1.51. The molecule has 98 valence electrons. The number of nitrogens with one attached hydrogen (secondary N) is 1. The Morgan fingerprint density at radius 2 is 2.22 bits per heavy atom. The van der Waals surface area contributed by atoms with E-state index in [2.05, 4.69) is 5.32 Å². The molecule has 1 aromatic heterocycles. The molecule has 1 rings (SSSR count). The number of hydrogen-bond donors (Lipinski definition) is 2. The Bertz CT molecular complexity index is 480. The van der Waals surface area contributed by atoms with Crippen LogP contribution < -0.4 is 5.32 Å². The first-order chi connectivity index (χ1) is 8.45. The number of carboxylic acid groups (broad SMARTS) is 1. The van der Waals surface area contributed by atoms with Crippen LogP contribution in [0.2, 0.25) is 0 Å². The molecule has 0 aliphatic rings.